The predicted molar refractivity (Wildman–Crippen MR) is 126 cm³/mol. The highest BCUT2D eigenvalue weighted by Gasteiger charge is 2.05. The summed E-state index contributed by atoms with van der Waals surface area (Å²) in [6.45, 7) is 0. The van der Waals surface area contributed by atoms with Gasteiger partial charge in [0, 0.05) is 17.2 Å². The van der Waals surface area contributed by atoms with Crippen molar-refractivity contribution in [2.45, 2.75) is 0 Å². The number of carboxylic acid groups (broad SMARTS) is 1. The zero-order valence-electron chi connectivity index (χ0n) is 17.0. The molecule has 0 fully saturated rings. The topological polar surface area (TPSA) is 37.3 Å². The third-order valence-corrected chi connectivity index (χ3v) is 4.34. The zero-order chi connectivity index (χ0) is 21.7. The van der Waals surface area contributed by atoms with Gasteiger partial charge >= 0.3 is 5.97 Å². The lowest BCUT2D eigenvalue weighted by atomic mass is 9.98. The zero-order valence-corrected chi connectivity index (χ0v) is 17.0. The SMILES string of the molecule is C(#Cc1ccccc1)c1ccccc1.O=C(O)C=C(c1ccccc1)c1ccccc1. The number of benzene rings is 4. The molecule has 2 nitrogen and oxygen atoms in total. The van der Waals surface area contributed by atoms with E-state index in [1.165, 1.54) is 6.08 Å². The highest BCUT2D eigenvalue weighted by Crippen LogP contribution is 2.22. The van der Waals surface area contributed by atoms with E-state index in [-0.39, 0.29) is 0 Å². The Bertz CT molecular complexity index is 1080. The minimum absolute atomic E-state index is 0.721. The third-order valence-electron chi connectivity index (χ3n) is 4.34. The van der Waals surface area contributed by atoms with Crippen LogP contribution in [0.5, 0.6) is 0 Å². The number of aliphatic carboxylic acids is 1. The van der Waals surface area contributed by atoms with Crippen molar-refractivity contribution in [1.82, 2.24) is 0 Å². The maximum Gasteiger partial charge on any atom is 0.328 e. The summed E-state index contributed by atoms with van der Waals surface area (Å²) in [5.74, 6) is 5.28. The fourth-order valence-electron chi connectivity index (χ4n) is 2.88. The molecule has 0 saturated carbocycles. The number of rotatable bonds is 3. The molecule has 1 N–H and O–H groups in total. The van der Waals surface area contributed by atoms with E-state index in [1.54, 1.807) is 0 Å². The van der Waals surface area contributed by atoms with Crippen LogP contribution in [-0.2, 0) is 4.79 Å². The molecule has 0 bridgehead atoms. The lowest BCUT2D eigenvalue weighted by molar-refractivity contribution is -0.131. The number of carbonyl (C=O) groups is 1. The number of hydrogen-bond donors (Lipinski definition) is 1. The normalized spacial score (nSPS) is 9.29. The molecule has 0 saturated heterocycles. The first-order valence-electron chi connectivity index (χ1n) is 9.90. The Balaban J connectivity index is 0.000000179. The summed E-state index contributed by atoms with van der Waals surface area (Å²) >= 11 is 0. The summed E-state index contributed by atoms with van der Waals surface area (Å²) in [4.78, 5) is 10.9. The summed E-state index contributed by atoms with van der Waals surface area (Å²) in [7, 11) is 0. The molecule has 0 aromatic heterocycles. The van der Waals surface area contributed by atoms with Crippen molar-refractivity contribution in [1.29, 1.82) is 0 Å². The molecule has 150 valence electrons. The smallest absolute Gasteiger partial charge is 0.328 e. The monoisotopic (exact) mass is 402 g/mol. The van der Waals surface area contributed by atoms with Crippen LogP contribution >= 0.6 is 0 Å². The molecule has 4 aromatic carbocycles. The largest absolute Gasteiger partial charge is 0.478 e. The van der Waals surface area contributed by atoms with Crippen LogP contribution in [0.2, 0.25) is 0 Å². The van der Waals surface area contributed by atoms with Crippen LogP contribution in [-0.4, -0.2) is 11.1 Å². The van der Waals surface area contributed by atoms with Gasteiger partial charge in [0.1, 0.15) is 0 Å². The highest BCUT2D eigenvalue weighted by molar-refractivity contribution is 5.95. The van der Waals surface area contributed by atoms with Crippen molar-refractivity contribution >= 4 is 11.5 Å². The van der Waals surface area contributed by atoms with Crippen molar-refractivity contribution in [3.8, 4) is 11.8 Å². The molecule has 0 aliphatic carbocycles. The summed E-state index contributed by atoms with van der Waals surface area (Å²) in [5.41, 5.74) is 4.63. The Hall–Kier alpha value is -4.35. The molecule has 4 rings (SSSR count). The number of hydrogen-bond acceptors (Lipinski definition) is 1. The second-order valence-corrected chi connectivity index (χ2v) is 6.61. The number of carboxylic acids is 1. The lowest BCUT2D eigenvalue weighted by Gasteiger charge is -2.06. The van der Waals surface area contributed by atoms with Crippen LogP contribution < -0.4 is 0 Å². The van der Waals surface area contributed by atoms with E-state index in [0.717, 1.165) is 27.8 Å². The third kappa shape index (κ3) is 7.20. The first-order valence-corrected chi connectivity index (χ1v) is 9.90. The molecule has 0 aliphatic rings. The van der Waals surface area contributed by atoms with Gasteiger partial charge in [0.15, 0.2) is 0 Å². The van der Waals surface area contributed by atoms with Crippen LogP contribution in [0, 0.1) is 11.8 Å². The van der Waals surface area contributed by atoms with Gasteiger partial charge in [0.05, 0.1) is 0 Å². The van der Waals surface area contributed by atoms with Crippen molar-refractivity contribution in [3.05, 3.63) is 150 Å². The van der Waals surface area contributed by atoms with E-state index in [2.05, 4.69) is 11.8 Å². The van der Waals surface area contributed by atoms with Gasteiger partial charge in [0.2, 0.25) is 0 Å². The molecule has 2 heteroatoms. The second kappa shape index (κ2) is 11.6. The van der Waals surface area contributed by atoms with Crippen molar-refractivity contribution in [2.24, 2.45) is 0 Å². The first-order chi connectivity index (χ1) is 15.2. The Morgan fingerprint density at radius 3 is 1.19 bits per heavy atom. The van der Waals surface area contributed by atoms with Crippen LogP contribution in [0.3, 0.4) is 0 Å². The second-order valence-electron chi connectivity index (χ2n) is 6.61. The maximum atomic E-state index is 10.9. The molecule has 0 aliphatic heterocycles. The highest BCUT2D eigenvalue weighted by atomic mass is 16.4. The van der Waals surface area contributed by atoms with Crippen LogP contribution in [0.1, 0.15) is 22.3 Å². The molecule has 0 unspecified atom stereocenters. The molecule has 31 heavy (non-hydrogen) atoms. The van der Waals surface area contributed by atoms with Crippen LogP contribution in [0.4, 0.5) is 0 Å². The van der Waals surface area contributed by atoms with Gasteiger partial charge in [0.25, 0.3) is 0 Å². The average molecular weight is 402 g/mol. The summed E-state index contributed by atoms with van der Waals surface area (Å²) in [6.07, 6.45) is 1.24. The summed E-state index contributed by atoms with van der Waals surface area (Å²) in [6, 6.07) is 39.0. The van der Waals surface area contributed by atoms with Gasteiger partial charge < -0.3 is 5.11 Å². The Morgan fingerprint density at radius 1 is 0.548 bits per heavy atom. The molecule has 0 amide bonds. The fourth-order valence-corrected chi connectivity index (χ4v) is 2.88. The van der Waals surface area contributed by atoms with Gasteiger partial charge in [-0.2, -0.15) is 0 Å². The van der Waals surface area contributed by atoms with E-state index in [0.29, 0.717) is 0 Å². The summed E-state index contributed by atoms with van der Waals surface area (Å²) < 4.78 is 0. The molecule has 0 atom stereocenters. The lowest BCUT2D eigenvalue weighted by Crippen LogP contribution is -1.94. The first kappa shape index (κ1) is 21.4. The Labute approximate surface area is 183 Å². The Kier molecular flexibility index (Phi) is 8.00. The van der Waals surface area contributed by atoms with Gasteiger partial charge in [-0.15, -0.1) is 0 Å². The van der Waals surface area contributed by atoms with Gasteiger partial charge in [-0.05, 0) is 41.0 Å². The molecule has 0 spiro atoms. The van der Waals surface area contributed by atoms with E-state index < -0.39 is 5.97 Å². The van der Waals surface area contributed by atoms with E-state index >= 15 is 0 Å². The maximum absolute atomic E-state index is 10.9. The molecular weight excluding hydrogens is 380 g/mol. The van der Waals surface area contributed by atoms with Gasteiger partial charge in [-0.3, -0.25) is 0 Å². The van der Waals surface area contributed by atoms with Crippen molar-refractivity contribution < 1.29 is 9.90 Å². The van der Waals surface area contributed by atoms with Crippen LogP contribution in [0.25, 0.3) is 5.57 Å². The molecular formula is C29H22O2. The van der Waals surface area contributed by atoms with E-state index in [9.17, 15) is 4.79 Å². The minimum atomic E-state index is -0.937. The predicted octanol–water partition coefficient (Wildman–Crippen LogP) is 6.29. The van der Waals surface area contributed by atoms with E-state index in [4.69, 9.17) is 5.11 Å². The van der Waals surface area contributed by atoms with Gasteiger partial charge in [-0.1, -0.05) is 109 Å². The van der Waals surface area contributed by atoms with Crippen LogP contribution in [0.15, 0.2) is 127 Å². The quantitative estimate of drug-likeness (QED) is 0.323. The van der Waals surface area contributed by atoms with Crippen molar-refractivity contribution in [2.75, 3.05) is 0 Å². The molecule has 4 aromatic rings. The average Bonchev–Trinajstić information content (AvgIpc) is 2.84. The minimum Gasteiger partial charge on any atom is -0.478 e. The van der Waals surface area contributed by atoms with Crippen molar-refractivity contribution in [3.63, 3.8) is 0 Å². The fraction of sp³-hybridized carbons (Fsp3) is 0. The standard InChI is InChI=1S/C15H12O2.C14H10/c16-15(17)11-14(12-7-3-1-4-8-12)13-9-5-2-6-10-13;1-3-7-13(8-4-1)11-12-14-9-5-2-6-10-14/h1-11H,(H,16,17);1-10H. The molecule has 0 heterocycles. The Morgan fingerprint density at radius 2 is 0.871 bits per heavy atom. The van der Waals surface area contributed by atoms with Gasteiger partial charge in [-0.25, -0.2) is 4.79 Å². The van der Waals surface area contributed by atoms with E-state index in [1.807, 2.05) is 121 Å². The molecule has 0 radical (unpaired) electrons. The summed E-state index contributed by atoms with van der Waals surface area (Å²) in [5, 5.41) is 8.93.